The Morgan fingerprint density at radius 1 is 1.58 bits per heavy atom. The van der Waals surface area contributed by atoms with E-state index in [0.717, 1.165) is 5.38 Å². The van der Waals surface area contributed by atoms with Gasteiger partial charge < -0.3 is 4.42 Å². The first-order chi connectivity index (χ1) is 5.60. The largest absolute Gasteiger partial charge is 0.463 e. The van der Waals surface area contributed by atoms with Gasteiger partial charge in [0.15, 0.2) is 12.0 Å². The second-order valence-corrected chi connectivity index (χ2v) is 8.67. The standard InChI is InChI=1S/C8H11ClO2Si/c1-12(2,6-9)8-4-3-7(5-10)11-8/h3-5H,6H2,1-2H3. The molecule has 12 heavy (non-hydrogen) atoms. The van der Waals surface area contributed by atoms with Crippen LogP contribution in [0.4, 0.5) is 0 Å². The van der Waals surface area contributed by atoms with Gasteiger partial charge in [0.05, 0.1) is 5.38 Å². The first-order valence-electron chi connectivity index (χ1n) is 3.71. The van der Waals surface area contributed by atoms with Crippen LogP contribution in [0.1, 0.15) is 10.6 Å². The molecule has 0 saturated heterocycles. The quantitative estimate of drug-likeness (QED) is 0.425. The van der Waals surface area contributed by atoms with Crippen LogP contribution < -0.4 is 5.38 Å². The highest BCUT2D eigenvalue weighted by Crippen LogP contribution is 2.07. The van der Waals surface area contributed by atoms with Crippen LogP contribution in [0.25, 0.3) is 0 Å². The summed E-state index contributed by atoms with van der Waals surface area (Å²) in [6, 6.07) is 3.53. The number of alkyl halides is 1. The smallest absolute Gasteiger partial charge is 0.185 e. The van der Waals surface area contributed by atoms with Crippen molar-refractivity contribution >= 4 is 31.3 Å². The highest BCUT2D eigenvalue weighted by molar-refractivity contribution is 6.93. The second-order valence-electron chi connectivity index (χ2n) is 3.34. The predicted molar refractivity (Wildman–Crippen MR) is 51.9 cm³/mol. The number of rotatable bonds is 3. The maximum absolute atomic E-state index is 10.3. The summed E-state index contributed by atoms with van der Waals surface area (Å²) in [6.07, 6.45) is 0.711. The fourth-order valence-corrected chi connectivity index (χ4v) is 2.30. The lowest BCUT2D eigenvalue weighted by molar-refractivity contribution is 0.110. The van der Waals surface area contributed by atoms with Crippen LogP contribution in [0.3, 0.4) is 0 Å². The number of carbonyl (C=O) groups is 1. The zero-order chi connectivity index (χ0) is 9.19. The van der Waals surface area contributed by atoms with Crippen molar-refractivity contribution in [3.63, 3.8) is 0 Å². The maximum Gasteiger partial charge on any atom is 0.185 e. The molecule has 1 rings (SSSR count). The third-order valence-corrected chi connectivity index (χ3v) is 6.02. The van der Waals surface area contributed by atoms with E-state index in [1.54, 1.807) is 6.07 Å². The summed E-state index contributed by atoms with van der Waals surface area (Å²) < 4.78 is 5.30. The molecule has 0 aliphatic heterocycles. The fourth-order valence-electron chi connectivity index (χ4n) is 0.846. The molecule has 0 amide bonds. The zero-order valence-electron chi connectivity index (χ0n) is 7.13. The minimum absolute atomic E-state index is 0.385. The van der Waals surface area contributed by atoms with Gasteiger partial charge in [-0.25, -0.2) is 0 Å². The van der Waals surface area contributed by atoms with Crippen LogP contribution in [0.5, 0.6) is 0 Å². The molecule has 2 nitrogen and oxygen atoms in total. The van der Waals surface area contributed by atoms with Gasteiger partial charge in [0.2, 0.25) is 0 Å². The summed E-state index contributed by atoms with van der Waals surface area (Å²) in [6.45, 7) is 4.21. The number of aldehydes is 1. The SMILES string of the molecule is C[Si](C)(CCl)c1ccc(C=O)o1. The Hall–Kier alpha value is -0.543. The normalized spacial score (nSPS) is 11.6. The van der Waals surface area contributed by atoms with Gasteiger partial charge in [0.25, 0.3) is 0 Å². The van der Waals surface area contributed by atoms with Crippen LogP contribution >= 0.6 is 11.6 Å². The minimum Gasteiger partial charge on any atom is -0.463 e. The van der Waals surface area contributed by atoms with E-state index in [1.165, 1.54) is 0 Å². The summed E-state index contributed by atoms with van der Waals surface area (Å²) in [5.41, 5.74) is 0.610. The van der Waals surface area contributed by atoms with Crippen molar-refractivity contribution in [1.82, 2.24) is 0 Å². The molecule has 0 aliphatic rings. The molecule has 0 aliphatic carbocycles. The van der Waals surface area contributed by atoms with Gasteiger partial charge in [-0.15, -0.1) is 11.6 Å². The van der Waals surface area contributed by atoms with Crippen molar-refractivity contribution in [2.24, 2.45) is 0 Å². The summed E-state index contributed by atoms with van der Waals surface area (Å²) in [5, 5.41) is 0.889. The molecule has 0 unspecified atom stereocenters. The Morgan fingerprint density at radius 3 is 2.67 bits per heavy atom. The van der Waals surface area contributed by atoms with E-state index in [0.29, 0.717) is 17.5 Å². The summed E-state index contributed by atoms with van der Waals surface area (Å²) in [7, 11) is -1.61. The van der Waals surface area contributed by atoms with E-state index < -0.39 is 8.07 Å². The number of carbonyl (C=O) groups excluding carboxylic acids is 1. The summed E-state index contributed by atoms with van der Waals surface area (Å²) in [4.78, 5) is 10.3. The van der Waals surface area contributed by atoms with E-state index in [1.807, 2.05) is 6.07 Å². The van der Waals surface area contributed by atoms with Crippen LogP contribution in [-0.2, 0) is 0 Å². The highest BCUT2D eigenvalue weighted by Gasteiger charge is 2.26. The molecule has 1 heterocycles. The zero-order valence-corrected chi connectivity index (χ0v) is 8.89. The molecule has 0 bridgehead atoms. The van der Waals surface area contributed by atoms with E-state index >= 15 is 0 Å². The monoisotopic (exact) mass is 202 g/mol. The molecular formula is C8H11ClO2Si. The molecule has 0 fully saturated rings. The molecule has 66 valence electrons. The fraction of sp³-hybridized carbons (Fsp3) is 0.375. The molecule has 1 aromatic heterocycles. The van der Waals surface area contributed by atoms with Crippen molar-refractivity contribution in [3.8, 4) is 0 Å². The topological polar surface area (TPSA) is 30.2 Å². The third kappa shape index (κ3) is 1.79. The maximum atomic E-state index is 10.3. The van der Waals surface area contributed by atoms with E-state index in [9.17, 15) is 4.79 Å². The van der Waals surface area contributed by atoms with E-state index in [-0.39, 0.29) is 0 Å². The molecule has 0 aromatic carbocycles. The molecule has 0 radical (unpaired) electrons. The van der Waals surface area contributed by atoms with Crippen molar-refractivity contribution in [1.29, 1.82) is 0 Å². The lowest BCUT2D eigenvalue weighted by atomic mass is 10.5. The number of hydrogen-bond acceptors (Lipinski definition) is 2. The Morgan fingerprint density at radius 2 is 2.25 bits per heavy atom. The van der Waals surface area contributed by atoms with Gasteiger partial charge in [0.1, 0.15) is 8.07 Å². The molecular weight excluding hydrogens is 192 g/mol. The van der Waals surface area contributed by atoms with Gasteiger partial charge in [0, 0.05) is 5.50 Å². The van der Waals surface area contributed by atoms with E-state index in [2.05, 4.69) is 13.1 Å². The number of furan rings is 1. The molecule has 0 spiro atoms. The summed E-state index contributed by atoms with van der Waals surface area (Å²) in [5.74, 6) is 0.385. The third-order valence-electron chi connectivity index (χ3n) is 1.74. The first kappa shape index (κ1) is 9.54. The van der Waals surface area contributed by atoms with Crippen LogP contribution in [0.2, 0.25) is 13.1 Å². The van der Waals surface area contributed by atoms with Crippen LogP contribution in [0, 0.1) is 0 Å². The Balaban J connectivity index is 2.95. The van der Waals surface area contributed by atoms with E-state index in [4.69, 9.17) is 16.0 Å². The van der Waals surface area contributed by atoms with Crippen molar-refractivity contribution < 1.29 is 9.21 Å². The predicted octanol–water partition coefficient (Wildman–Crippen LogP) is 1.79. The van der Waals surface area contributed by atoms with Crippen molar-refractivity contribution in [2.45, 2.75) is 13.1 Å². The lowest BCUT2D eigenvalue weighted by Crippen LogP contribution is -2.42. The number of hydrogen-bond donors (Lipinski definition) is 0. The molecule has 0 atom stereocenters. The van der Waals surface area contributed by atoms with Gasteiger partial charge in [-0.05, 0) is 12.1 Å². The molecule has 0 N–H and O–H groups in total. The molecule has 4 heteroatoms. The molecule has 1 aromatic rings. The van der Waals surface area contributed by atoms with Crippen molar-refractivity contribution in [3.05, 3.63) is 17.9 Å². The Kier molecular flexibility index (Phi) is 2.75. The highest BCUT2D eigenvalue weighted by atomic mass is 35.5. The van der Waals surface area contributed by atoms with Crippen molar-refractivity contribution in [2.75, 3.05) is 5.50 Å². The van der Waals surface area contributed by atoms with Gasteiger partial charge in [-0.1, -0.05) is 13.1 Å². The van der Waals surface area contributed by atoms with Gasteiger partial charge in [-0.3, -0.25) is 4.79 Å². The minimum atomic E-state index is -1.61. The number of halogens is 1. The average molecular weight is 203 g/mol. The lowest BCUT2D eigenvalue weighted by Gasteiger charge is -2.14. The summed E-state index contributed by atoms with van der Waals surface area (Å²) >= 11 is 5.79. The second kappa shape index (κ2) is 3.45. The average Bonchev–Trinajstić information content (AvgIpc) is 2.52. The van der Waals surface area contributed by atoms with Crippen LogP contribution in [-0.4, -0.2) is 19.9 Å². The molecule has 0 saturated carbocycles. The Bertz CT molecular complexity index is 280. The van der Waals surface area contributed by atoms with Gasteiger partial charge >= 0.3 is 0 Å². The van der Waals surface area contributed by atoms with Gasteiger partial charge in [-0.2, -0.15) is 0 Å². The first-order valence-corrected chi connectivity index (χ1v) is 7.46. The Labute approximate surface area is 77.5 Å². The van der Waals surface area contributed by atoms with Crippen LogP contribution in [0.15, 0.2) is 16.5 Å².